The molecule has 2 aromatic carbocycles. The van der Waals surface area contributed by atoms with Gasteiger partial charge in [-0.25, -0.2) is 4.79 Å². The molecule has 2 spiro atoms. The molecule has 3 fully saturated rings. The van der Waals surface area contributed by atoms with Gasteiger partial charge in [0.25, 0.3) is 0 Å². The average Bonchev–Trinajstić information content (AvgIpc) is 3.34. The van der Waals surface area contributed by atoms with Crippen LogP contribution in [-0.2, 0) is 4.74 Å². The zero-order chi connectivity index (χ0) is 33.2. The molecule has 0 heterocycles. The molecule has 2 aromatic rings. The molecule has 0 aliphatic heterocycles. The second-order valence-corrected chi connectivity index (χ2v) is 15.7. The number of carbonyl (C=O) groups excluding carboxylic acids is 2. The summed E-state index contributed by atoms with van der Waals surface area (Å²) in [5.41, 5.74) is 0.785. The Morgan fingerprint density at radius 1 is 0.894 bits per heavy atom. The summed E-state index contributed by atoms with van der Waals surface area (Å²) in [6.07, 6.45) is 12.3. The van der Waals surface area contributed by atoms with E-state index in [1.54, 1.807) is 4.90 Å². The molecule has 0 aromatic heterocycles. The molecule has 0 radical (unpaired) electrons. The van der Waals surface area contributed by atoms with Crippen LogP contribution in [-0.4, -0.2) is 58.4 Å². The van der Waals surface area contributed by atoms with E-state index in [0.29, 0.717) is 31.6 Å². The number of allylic oxidation sites excluding steroid dienone is 4. The van der Waals surface area contributed by atoms with Crippen LogP contribution >= 0.6 is 0 Å². The van der Waals surface area contributed by atoms with E-state index < -0.39 is 27.9 Å². The Labute approximate surface area is 279 Å². The molecule has 6 heteroatoms. The molecule has 6 nitrogen and oxygen atoms in total. The lowest BCUT2D eigenvalue weighted by Gasteiger charge is -2.71. The van der Waals surface area contributed by atoms with Crippen molar-refractivity contribution in [3.8, 4) is 11.1 Å². The third kappa shape index (κ3) is 4.50. The van der Waals surface area contributed by atoms with Crippen molar-refractivity contribution >= 4 is 11.9 Å². The molecular formula is C41H51NO5. The monoisotopic (exact) mass is 637 g/mol. The minimum atomic E-state index is -1.11. The summed E-state index contributed by atoms with van der Waals surface area (Å²) in [6.45, 7) is 9.54. The number of benzene rings is 2. The van der Waals surface area contributed by atoms with Gasteiger partial charge in [0.05, 0.1) is 24.9 Å². The van der Waals surface area contributed by atoms with Crippen molar-refractivity contribution in [1.82, 2.24) is 4.90 Å². The van der Waals surface area contributed by atoms with E-state index in [1.807, 2.05) is 56.3 Å². The number of ether oxygens (including phenoxy) is 1. The van der Waals surface area contributed by atoms with Crippen molar-refractivity contribution in [3.63, 3.8) is 0 Å². The second-order valence-electron chi connectivity index (χ2n) is 15.7. The summed E-state index contributed by atoms with van der Waals surface area (Å²) in [4.78, 5) is 30.0. The Kier molecular flexibility index (Phi) is 7.87. The quantitative estimate of drug-likeness (QED) is 0.226. The summed E-state index contributed by atoms with van der Waals surface area (Å²) in [6, 6.07) is 18.1. The number of amides is 1. The van der Waals surface area contributed by atoms with Crippen LogP contribution in [0.5, 0.6) is 0 Å². The van der Waals surface area contributed by atoms with Gasteiger partial charge in [0.15, 0.2) is 5.78 Å². The lowest BCUT2D eigenvalue weighted by Crippen LogP contribution is -2.67. The maximum atomic E-state index is 15.3. The van der Waals surface area contributed by atoms with Crippen molar-refractivity contribution < 1.29 is 24.5 Å². The highest BCUT2D eigenvalue weighted by Crippen LogP contribution is 2.78. The molecule has 250 valence electrons. The SMILES string of the molecule is CCCN(C[C@]1(O)CC[C@H]2[C@]34C=C[C@@]5(C=C3C(=O)c3ccccc3-c3ccccc3)CC(O)CC[C@]5(C)[C@H]4CC[C@@]21C)C(=O)OCC. The van der Waals surface area contributed by atoms with Crippen molar-refractivity contribution in [2.24, 2.45) is 33.5 Å². The highest BCUT2D eigenvalue weighted by Gasteiger charge is 2.74. The van der Waals surface area contributed by atoms with Gasteiger partial charge in [-0.05, 0) is 86.7 Å². The summed E-state index contributed by atoms with van der Waals surface area (Å²) in [7, 11) is 0. The van der Waals surface area contributed by atoms with E-state index in [-0.39, 0.29) is 35.7 Å². The summed E-state index contributed by atoms with van der Waals surface area (Å²) >= 11 is 0. The lowest BCUT2D eigenvalue weighted by atomic mass is 9.32. The Hall–Kier alpha value is -3.22. The Bertz CT molecular complexity index is 1620. The van der Waals surface area contributed by atoms with Crippen LogP contribution in [0, 0.1) is 33.5 Å². The molecule has 2 bridgehead atoms. The number of fused-ring (bicyclic) bond motifs is 1. The number of aliphatic hydroxyl groups is 2. The number of hydrogen-bond donors (Lipinski definition) is 2. The molecular weight excluding hydrogens is 586 g/mol. The first-order valence-electron chi connectivity index (χ1n) is 17.9. The fourth-order valence-corrected chi connectivity index (χ4v) is 11.3. The number of hydrogen-bond acceptors (Lipinski definition) is 5. The van der Waals surface area contributed by atoms with Gasteiger partial charge in [-0.1, -0.05) is 93.6 Å². The highest BCUT2D eigenvalue weighted by molar-refractivity contribution is 6.14. The van der Waals surface area contributed by atoms with Crippen LogP contribution in [0.3, 0.4) is 0 Å². The fourth-order valence-electron chi connectivity index (χ4n) is 11.3. The normalized spacial score (nSPS) is 38.2. The van der Waals surface area contributed by atoms with Crippen LogP contribution in [0.15, 0.2) is 78.4 Å². The summed E-state index contributed by atoms with van der Waals surface area (Å²) < 4.78 is 5.43. The van der Waals surface area contributed by atoms with E-state index in [4.69, 9.17) is 4.74 Å². The van der Waals surface area contributed by atoms with Gasteiger partial charge in [-0.2, -0.15) is 0 Å². The Balaban J connectivity index is 1.37. The molecule has 6 aliphatic carbocycles. The number of carbonyl (C=O) groups is 2. The Morgan fingerprint density at radius 2 is 1.57 bits per heavy atom. The largest absolute Gasteiger partial charge is 0.450 e. The van der Waals surface area contributed by atoms with Crippen LogP contribution in [0.2, 0.25) is 0 Å². The van der Waals surface area contributed by atoms with E-state index in [1.165, 1.54) is 0 Å². The van der Waals surface area contributed by atoms with Crippen molar-refractivity contribution in [3.05, 3.63) is 84.0 Å². The molecule has 1 unspecified atom stereocenters. The number of rotatable bonds is 8. The van der Waals surface area contributed by atoms with Gasteiger partial charge in [-0.3, -0.25) is 4.79 Å². The molecule has 0 saturated heterocycles. The molecule has 1 amide bonds. The zero-order valence-electron chi connectivity index (χ0n) is 28.5. The van der Waals surface area contributed by atoms with Gasteiger partial charge < -0.3 is 19.8 Å². The minimum Gasteiger partial charge on any atom is -0.450 e. The first-order valence-corrected chi connectivity index (χ1v) is 17.9. The first-order chi connectivity index (χ1) is 22.5. The van der Waals surface area contributed by atoms with Gasteiger partial charge in [0, 0.05) is 33.9 Å². The number of aliphatic hydroxyl groups excluding tert-OH is 1. The van der Waals surface area contributed by atoms with Gasteiger partial charge in [-0.15, -0.1) is 0 Å². The molecule has 6 aliphatic rings. The summed E-state index contributed by atoms with van der Waals surface area (Å²) in [5, 5.41) is 23.8. The summed E-state index contributed by atoms with van der Waals surface area (Å²) in [5.74, 6) is 0.276. The molecule has 3 saturated carbocycles. The van der Waals surface area contributed by atoms with Gasteiger partial charge >= 0.3 is 6.09 Å². The molecule has 47 heavy (non-hydrogen) atoms. The van der Waals surface area contributed by atoms with Crippen LogP contribution < -0.4 is 0 Å². The van der Waals surface area contributed by atoms with Crippen molar-refractivity contribution in [2.75, 3.05) is 19.7 Å². The highest BCUT2D eigenvalue weighted by atomic mass is 16.6. The van der Waals surface area contributed by atoms with Crippen LogP contribution in [0.1, 0.15) is 89.4 Å². The standard InChI is InChI=1S/C41H51NO5/c1-5-24-42(36(45)47-6-2)27-40(46)21-18-34-38(40,4)20-17-33-37(3)19-16-29(43)25-39(37)22-23-41(33,34)32(26-39)35(44)31-15-11-10-14-30(31)28-12-8-7-9-13-28/h7-15,22-23,26,29,33-34,43,46H,5-6,16-21,24-25,27H2,1-4H3/t29?,33-,34-,37-,38+,39+,40-,41-/m1/s1. The fraction of sp³-hybridized carbons (Fsp3) is 0.561. The molecule has 8 atom stereocenters. The Morgan fingerprint density at radius 3 is 2.32 bits per heavy atom. The third-order valence-electron chi connectivity index (χ3n) is 13.7. The minimum absolute atomic E-state index is 0.0155. The maximum Gasteiger partial charge on any atom is 0.409 e. The van der Waals surface area contributed by atoms with Crippen LogP contribution in [0.25, 0.3) is 11.1 Å². The first kappa shape index (κ1) is 32.3. The topological polar surface area (TPSA) is 87.1 Å². The lowest BCUT2D eigenvalue weighted by molar-refractivity contribution is -0.175. The van der Waals surface area contributed by atoms with Gasteiger partial charge in [0.1, 0.15) is 0 Å². The predicted octanol–water partition coefficient (Wildman–Crippen LogP) is 8.00. The van der Waals surface area contributed by atoms with Crippen molar-refractivity contribution in [1.29, 1.82) is 0 Å². The maximum absolute atomic E-state index is 15.3. The number of nitrogens with zero attached hydrogens (tertiary/aromatic N) is 1. The zero-order valence-corrected chi connectivity index (χ0v) is 28.5. The number of Topliss-reactive ketones (excluding diaryl/α,β-unsaturated/α-hetero) is 1. The van der Waals surface area contributed by atoms with Crippen molar-refractivity contribution in [2.45, 2.75) is 90.8 Å². The van der Waals surface area contributed by atoms with E-state index in [0.717, 1.165) is 55.2 Å². The second kappa shape index (κ2) is 11.4. The molecule has 2 N–H and O–H groups in total. The predicted molar refractivity (Wildman–Crippen MR) is 184 cm³/mol. The van der Waals surface area contributed by atoms with Gasteiger partial charge in [0.2, 0.25) is 0 Å². The van der Waals surface area contributed by atoms with E-state index in [2.05, 4.69) is 44.2 Å². The van der Waals surface area contributed by atoms with E-state index in [9.17, 15) is 15.0 Å². The number of ketones is 1. The average molecular weight is 638 g/mol. The van der Waals surface area contributed by atoms with Crippen LogP contribution in [0.4, 0.5) is 4.79 Å². The molecule has 8 rings (SSSR count). The third-order valence-corrected chi connectivity index (χ3v) is 13.7. The van der Waals surface area contributed by atoms with E-state index >= 15 is 4.79 Å². The smallest absolute Gasteiger partial charge is 0.409 e.